The molecule has 2 N–H and O–H groups in total. The Kier molecular flexibility index (Phi) is 5.42. The van der Waals surface area contributed by atoms with E-state index in [1.807, 2.05) is 18.2 Å². The normalized spacial score (nSPS) is 12.6. The van der Waals surface area contributed by atoms with Gasteiger partial charge in [0.2, 0.25) is 0 Å². The van der Waals surface area contributed by atoms with Gasteiger partial charge in [-0.25, -0.2) is 0 Å². The lowest BCUT2D eigenvalue weighted by molar-refractivity contribution is 0.188. The van der Waals surface area contributed by atoms with E-state index in [2.05, 4.69) is 30.9 Å². The molecule has 0 aliphatic rings. The van der Waals surface area contributed by atoms with Crippen molar-refractivity contribution in [2.24, 2.45) is 5.73 Å². The third-order valence-corrected chi connectivity index (χ3v) is 3.81. The zero-order chi connectivity index (χ0) is 15.2. The molecule has 1 unspecified atom stereocenters. The summed E-state index contributed by atoms with van der Waals surface area (Å²) in [5, 5.41) is 0. The molecular weight excluding hydrogens is 264 g/mol. The predicted octanol–water partition coefficient (Wildman–Crippen LogP) is 3.12. The van der Waals surface area contributed by atoms with Crippen molar-refractivity contribution >= 4 is 0 Å². The number of methoxy groups -OCH3 is 1. The second-order valence-corrected chi connectivity index (χ2v) is 5.12. The molecule has 0 aliphatic carbocycles. The molecule has 0 amide bonds. The molecule has 114 valence electrons. The fourth-order valence-corrected chi connectivity index (χ4v) is 2.65. The molecule has 0 fully saturated rings. The lowest BCUT2D eigenvalue weighted by Gasteiger charge is -2.29. The molecule has 1 aromatic carbocycles. The zero-order valence-electron chi connectivity index (χ0n) is 13.0. The molecule has 4 nitrogen and oxygen atoms in total. The first-order chi connectivity index (χ1) is 10.2. The Hall–Kier alpha value is -1.78. The average Bonchev–Trinajstić information content (AvgIpc) is 3.00. The summed E-state index contributed by atoms with van der Waals surface area (Å²) in [4.78, 5) is 2.32. The van der Waals surface area contributed by atoms with Crippen LogP contribution < -0.4 is 10.5 Å². The molecule has 0 bridgehead atoms. The van der Waals surface area contributed by atoms with Crippen molar-refractivity contribution in [2.75, 3.05) is 20.2 Å². The van der Waals surface area contributed by atoms with Gasteiger partial charge in [0.05, 0.1) is 19.9 Å². The predicted molar refractivity (Wildman–Crippen MR) is 84.3 cm³/mol. The van der Waals surface area contributed by atoms with Gasteiger partial charge in [-0.05, 0) is 42.8 Å². The number of nitrogens with zero attached hydrogens (tertiary/aromatic N) is 1. The van der Waals surface area contributed by atoms with Crippen LogP contribution in [0.2, 0.25) is 0 Å². The van der Waals surface area contributed by atoms with Crippen molar-refractivity contribution in [2.45, 2.75) is 26.4 Å². The van der Waals surface area contributed by atoms with Crippen molar-refractivity contribution in [1.29, 1.82) is 0 Å². The van der Waals surface area contributed by atoms with Gasteiger partial charge < -0.3 is 14.9 Å². The maximum atomic E-state index is 6.03. The molecule has 2 rings (SSSR count). The number of hydrogen-bond acceptors (Lipinski definition) is 4. The van der Waals surface area contributed by atoms with Gasteiger partial charge in [-0.3, -0.25) is 4.90 Å². The molecule has 1 aromatic heterocycles. The average molecular weight is 288 g/mol. The summed E-state index contributed by atoms with van der Waals surface area (Å²) in [5.74, 6) is 1.86. The summed E-state index contributed by atoms with van der Waals surface area (Å²) in [5.41, 5.74) is 8.37. The van der Waals surface area contributed by atoms with Crippen LogP contribution in [0.3, 0.4) is 0 Å². The molecular formula is C17H24N2O2. The number of ether oxygens (including phenoxy) is 1. The van der Waals surface area contributed by atoms with Crippen LogP contribution >= 0.6 is 0 Å². The van der Waals surface area contributed by atoms with Crippen molar-refractivity contribution in [3.05, 3.63) is 53.5 Å². The first-order valence-corrected chi connectivity index (χ1v) is 7.30. The first kappa shape index (κ1) is 15.6. The zero-order valence-corrected chi connectivity index (χ0v) is 13.0. The second kappa shape index (κ2) is 7.29. The van der Waals surface area contributed by atoms with E-state index in [-0.39, 0.29) is 6.04 Å². The van der Waals surface area contributed by atoms with Crippen LogP contribution in [0.1, 0.15) is 29.9 Å². The standard InChI is InChI=1S/C17H24N2O2/c1-4-19(12-15-6-5-9-21-15)16(11-18)14-7-8-17(20-3)13(2)10-14/h5-10,16H,4,11-12,18H2,1-3H3. The SMILES string of the molecule is CCN(Cc1ccco1)C(CN)c1ccc(OC)c(C)c1. The van der Waals surface area contributed by atoms with Crippen LogP contribution in [0.15, 0.2) is 41.0 Å². The monoisotopic (exact) mass is 288 g/mol. The van der Waals surface area contributed by atoms with Crippen LogP contribution in [0.25, 0.3) is 0 Å². The van der Waals surface area contributed by atoms with Gasteiger partial charge in [0.25, 0.3) is 0 Å². The minimum atomic E-state index is 0.171. The minimum Gasteiger partial charge on any atom is -0.496 e. The van der Waals surface area contributed by atoms with Crippen molar-refractivity contribution in [3.8, 4) is 5.75 Å². The lowest BCUT2D eigenvalue weighted by atomic mass is 10.0. The van der Waals surface area contributed by atoms with Crippen LogP contribution in [-0.4, -0.2) is 25.1 Å². The summed E-state index contributed by atoms with van der Waals surface area (Å²) in [7, 11) is 1.69. The number of benzene rings is 1. The van der Waals surface area contributed by atoms with E-state index in [9.17, 15) is 0 Å². The molecule has 21 heavy (non-hydrogen) atoms. The molecule has 2 aromatic rings. The molecule has 1 heterocycles. The Balaban J connectivity index is 2.22. The Morgan fingerprint density at radius 1 is 1.33 bits per heavy atom. The van der Waals surface area contributed by atoms with Crippen molar-refractivity contribution < 1.29 is 9.15 Å². The topological polar surface area (TPSA) is 51.6 Å². The number of hydrogen-bond donors (Lipinski definition) is 1. The van der Waals surface area contributed by atoms with Crippen molar-refractivity contribution in [3.63, 3.8) is 0 Å². The molecule has 0 spiro atoms. The van der Waals surface area contributed by atoms with Crippen LogP contribution in [0.5, 0.6) is 5.75 Å². The summed E-state index contributed by atoms with van der Waals surface area (Å²) < 4.78 is 10.8. The van der Waals surface area contributed by atoms with E-state index < -0.39 is 0 Å². The summed E-state index contributed by atoms with van der Waals surface area (Å²) in [6.07, 6.45) is 1.71. The van der Waals surface area contributed by atoms with Gasteiger partial charge in [0.15, 0.2) is 0 Å². The highest BCUT2D eigenvalue weighted by Crippen LogP contribution is 2.26. The first-order valence-electron chi connectivity index (χ1n) is 7.30. The summed E-state index contributed by atoms with van der Waals surface area (Å²) in [6.45, 7) is 6.44. The molecule has 0 radical (unpaired) electrons. The molecule has 1 atom stereocenters. The maximum Gasteiger partial charge on any atom is 0.121 e. The van der Waals surface area contributed by atoms with Gasteiger partial charge in [0, 0.05) is 12.6 Å². The lowest BCUT2D eigenvalue weighted by Crippen LogP contribution is -2.33. The summed E-state index contributed by atoms with van der Waals surface area (Å²) in [6, 6.07) is 10.3. The van der Waals surface area contributed by atoms with Gasteiger partial charge in [-0.1, -0.05) is 19.1 Å². The second-order valence-electron chi connectivity index (χ2n) is 5.12. The third kappa shape index (κ3) is 3.65. The van der Waals surface area contributed by atoms with E-state index in [0.29, 0.717) is 6.54 Å². The van der Waals surface area contributed by atoms with Crippen LogP contribution in [-0.2, 0) is 6.54 Å². The Morgan fingerprint density at radius 3 is 2.67 bits per heavy atom. The number of aryl methyl sites for hydroxylation is 1. The fraction of sp³-hybridized carbons (Fsp3) is 0.412. The third-order valence-electron chi connectivity index (χ3n) is 3.81. The van der Waals surface area contributed by atoms with Crippen LogP contribution in [0.4, 0.5) is 0 Å². The molecule has 4 heteroatoms. The van der Waals surface area contributed by atoms with Gasteiger partial charge in [-0.15, -0.1) is 0 Å². The minimum absolute atomic E-state index is 0.171. The Morgan fingerprint density at radius 2 is 2.14 bits per heavy atom. The highest BCUT2D eigenvalue weighted by molar-refractivity contribution is 5.37. The number of nitrogens with two attached hydrogens (primary N) is 1. The van der Waals surface area contributed by atoms with Crippen molar-refractivity contribution in [1.82, 2.24) is 4.90 Å². The van der Waals surface area contributed by atoms with E-state index in [4.69, 9.17) is 14.9 Å². The van der Waals surface area contributed by atoms with Gasteiger partial charge in [-0.2, -0.15) is 0 Å². The molecule has 0 aliphatic heterocycles. The molecule has 0 saturated heterocycles. The van der Waals surface area contributed by atoms with Gasteiger partial charge >= 0.3 is 0 Å². The van der Waals surface area contributed by atoms with E-state index >= 15 is 0 Å². The quantitative estimate of drug-likeness (QED) is 0.850. The highest BCUT2D eigenvalue weighted by Gasteiger charge is 2.19. The fourth-order valence-electron chi connectivity index (χ4n) is 2.65. The van der Waals surface area contributed by atoms with E-state index in [0.717, 1.165) is 30.2 Å². The van der Waals surface area contributed by atoms with Gasteiger partial charge in [0.1, 0.15) is 11.5 Å². The Bertz CT molecular complexity index is 552. The maximum absolute atomic E-state index is 6.03. The Labute approximate surface area is 126 Å². The number of rotatable bonds is 7. The van der Waals surface area contributed by atoms with Crippen LogP contribution in [0, 0.1) is 6.92 Å². The number of furan rings is 1. The largest absolute Gasteiger partial charge is 0.496 e. The van der Waals surface area contributed by atoms with E-state index in [1.165, 1.54) is 5.56 Å². The molecule has 0 saturated carbocycles. The van der Waals surface area contributed by atoms with E-state index in [1.54, 1.807) is 13.4 Å². The highest BCUT2D eigenvalue weighted by atomic mass is 16.5. The smallest absolute Gasteiger partial charge is 0.121 e. The summed E-state index contributed by atoms with van der Waals surface area (Å²) >= 11 is 0. The number of likely N-dealkylation sites (N-methyl/N-ethyl adjacent to an activating group) is 1.